The quantitative estimate of drug-likeness (QED) is 0.785. The molecule has 0 atom stereocenters. The molecule has 0 aromatic carbocycles. The maximum atomic E-state index is 10.7. The van der Waals surface area contributed by atoms with Crippen LogP contribution in [0.25, 0.3) is 0 Å². The third-order valence-electron chi connectivity index (χ3n) is 2.07. The summed E-state index contributed by atoms with van der Waals surface area (Å²) in [6.45, 7) is 1.97. The molecule has 0 amide bonds. The molecule has 1 aromatic heterocycles. The number of carboxylic acids is 1. The summed E-state index contributed by atoms with van der Waals surface area (Å²) in [5.74, 6) is -1.05. The number of aromatic nitrogens is 2. The molecule has 0 saturated carbocycles. The second kappa shape index (κ2) is 3.61. The van der Waals surface area contributed by atoms with Gasteiger partial charge in [0.15, 0.2) is 5.69 Å². The predicted molar refractivity (Wildman–Crippen MR) is 53.9 cm³/mol. The van der Waals surface area contributed by atoms with Gasteiger partial charge in [0.1, 0.15) is 6.33 Å². The molecule has 2 rings (SSSR count). The van der Waals surface area contributed by atoms with Crippen LogP contribution in [0.4, 0.5) is 0 Å². The highest BCUT2D eigenvalue weighted by Crippen LogP contribution is 2.15. The van der Waals surface area contributed by atoms with E-state index in [9.17, 15) is 4.79 Å². The van der Waals surface area contributed by atoms with E-state index >= 15 is 0 Å². The Balaban J connectivity index is 2.31. The van der Waals surface area contributed by atoms with Crippen molar-refractivity contribution < 1.29 is 9.90 Å². The zero-order valence-corrected chi connectivity index (χ0v) is 8.14. The maximum Gasteiger partial charge on any atom is 0.354 e. The number of nitrogens with zero attached hydrogens (tertiary/aromatic N) is 3. The maximum absolute atomic E-state index is 10.7. The lowest BCUT2D eigenvalue weighted by Gasteiger charge is -2.00. The van der Waals surface area contributed by atoms with Crippen molar-refractivity contribution in [1.82, 2.24) is 9.97 Å². The molecule has 0 saturated heterocycles. The molecule has 5 heteroatoms. The Morgan fingerprint density at radius 1 is 1.47 bits per heavy atom. The van der Waals surface area contributed by atoms with Crippen LogP contribution >= 0.6 is 0 Å². The van der Waals surface area contributed by atoms with Crippen LogP contribution in [0.1, 0.15) is 29.5 Å². The van der Waals surface area contributed by atoms with E-state index in [4.69, 9.17) is 5.11 Å². The minimum Gasteiger partial charge on any atom is -0.477 e. The Hall–Kier alpha value is -2.04. The molecule has 0 fully saturated rings. The van der Waals surface area contributed by atoms with Crippen molar-refractivity contribution in [2.45, 2.75) is 13.3 Å². The minimum atomic E-state index is -1.05. The lowest BCUT2D eigenvalue weighted by atomic mass is 10.1. The van der Waals surface area contributed by atoms with E-state index in [0.717, 1.165) is 17.7 Å². The van der Waals surface area contributed by atoms with Gasteiger partial charge >= 0.3 is 5.97 Å². The van der Waals surface area contributed by atoms with Crippen LogP contribution in [-0.4, -0.2) is 26.8 Å². The molecular weight excluding hydrogens is 194 g/mol. The molecule has 1 aliphatic rings. The second-order valence-corrected chi connectivity index (χ2v) is 3.32. The van der Waals surface area contributed by atoms with E-state index in [0.29, 0.717) is 5.69 Å². The lowest BCUT2D eigenvalue weighted by molar-refractivity contribution is 0.0690. The van der Waals surface area contributed by atoms with Crippen molar-refractivity contribution in [1.29, 1.82) is 0 Å². The van der Waals surface area contributed by atoms with Gasteiger partial charge in [0.05, 0.1) is 11.4 Å². The number of carbonyl (C=O) groups is 1. The van der Waals surface area contributed by atoms with E-state index in [-0.39, 0.29) is 5.69 Å². The van der Waals surface area contributed by atoms with Gasteiger partial charge in [0.25, 0.3) is 0 Å². The number of hydrogen-bond donors (Lipinski definition) is 1. The van der Waals surface area contributed by atoms with Crippen LogP contribution in [0, 0.1) is 0 Å². The van der Waals surface area contributed by atoms with E-state index in [1.54, 1.807) is 6.20 Å². The molecule has 5 nitrogen and oxygen atoms in total. The van der Waals surface area contributed by atoms with Crippen molar-refractivity contribution in [3.8, 4) is 0 Å². The minimum absolute atomic E-state index is 0.00717. The number of aliphatic imine (C=N–C) groups is 1. The number of aromatic carboxylic acids is 1. The average Bonchev–Trinajstić information content (AvgIpc) is 2.65. The number of allylic oxidation sites excluding steroid dienone is 1. The van der Waals surface area contributed by atoms with Crippen molar-refractivity contribution in [3.05, 3.63) is 35.6 Å². The smallest absolute Gasteiger partial charge is 0.354 e. The van der Waals surface area contributed by atoms with E-state index < -0.39 is 5.97 Å². The Morgan fingerprint density at radius 3 is 2.87 bits per heavy atom. The van der Waals surface area contributed by atoms with Crippen molar-refractivity contribution in [2.75, 3.05) is 0 Å². The first-order chi connectivity index (χ1) is 7.16. The predicted octanol–water partition coefficient (Wildman–Crippen LogP) is 1.27. The zero-order valence-electron chi connectivity index (χ0n) is 8.14. The summed E-state index contributed by atoms with van der Waals surface area (Å²) >= 11 is 0. The lowest BCUT2D eigenvalue weighted by Crippen LogP contribution is -2.07. The molecule has 0 aliphatic carbocycles. The SMILES string of the molecule is CC1=CN=C(c2cc(C(=O)O)ncn2)C1. The summed E-state index contributed by atoms with van der Waals surface area (Å²) in [5.41, 5.74) is 2.50. The zero-order chi connectivity index (χ0) is 10.8. The molecule has 15 heavy (non-hydrogen) atoms. The van der Waals surface area contributed by atoms with Crippen LogP contribution in [0.5, 0.6) is 0 Å². The summed E-state index contributed by atoms with van der Waals surface area (Å²) in [5, 5.41) is 8.76. The summed E-state index contributed by atoms with van der Waals surface area (Å²) in [4.78, 5) is 22.5. The topological polar surface area (TPSA) is 75.4 Å². The van der Waals surface area contributed by atoms with Crippen molar-refractivity contribution >= 4 is 11.7 Å². The van der Waals surface area contributed by atoms with Gasteiger partial charge in [-0.25, -0.2) is 14.8 Å². The fourth-order valence-corrected chi connectivity index (χ4v) is 1.33. The van der Waals surface area contributed by atoms with Crippen LogP contribution in [-0.2, 0) is 0 Å². The van der Waals surface area contributed by atoms with Crippen molar-refractivity contribution in [2.24, 2.45) is 4.99 Å². The van der Waals surface area contributed by atoms with Crippen molar-refractivity contribution in [3.63, 3.8) is 0 Å². The molecule has 2 heterocycles. The standard InChI is InChI=1S/C10H9N3O2/c1-6-2-7(11-4-6)8-3-9(10(14)15)13-5-12-8/h3-5H,2H2,1H3,(H,14,15). The third kappa shape index (κ3) is 1.90. The Morgan fingerprint density at radius 2 is 2.27 bits per heavy atom. The monoisotopic (exact) mass is 203 g/mol. The third-order valence-corrected chi connectivity index (χ3v) is 2.07. The molecule has 1 N–H and O–H groups in total. The first-order valence-corrected chi connectivity index (χ1v) is 4.45. The molecule has 0 spiro atoms. The number of rotatable bonds is 2. The Labute approximate surface area is 86.2 Å². The second-order valence-electron chi connectivity index (χ2n) is 3.32. The first kappa shape index (κ1) is 9.51. The van der Waals surface area contributed by atoms with Gasteiger partial charge in [-0.15, -0.1) is 0 Å². The molecular formula is C10H9N3O2. The average molecular weight is 203 g/mol. The highest BCUT2D eigenvalue weighted by molar-refractivity contribution is 6.03. The largest absolute Gasteiger partial charge is 0.477 e. The highest BCUT2D eigenvalue weighted by Gasteiger charge is 2.13. The first-order valence-electron chi connectivity index (χ1n) is 4.45. The van der Waals surface area contributed by atoms with E-state index in [1.165, 1.54) is 12.4 Å². The summed E-state index contributed by atoms with van der Waals surface area (Å²) in [7, 11) is 0. The van der Waals surface area contributed by atoms with Gasteiger partial charge < -0.3 is 5.11 Å². The van der Waals surface area contributed by atoms with Gasteiger partial charge in [0.2, 0.25) is 0 Å². The molecule has 0 bridgehead atoms. The molecule has 1 aliphatic heterocycles. The highest BCUT2D eigenvalue weighted by atomic mass is 16.4. The van der Waals surface area contributed by atoms with Crippen LogP contribution < -0.4 is 0 Å². The fraction of sp³-hybridized carbons (Fsp3) is 0.200. The van der Waals surface area contributed by atoms with Gasteiger partial charge in [-0.05, 0) is 18.6 Å². The molecule has 0 unspecified atom stereocenters. The van der Waals surface area contributed by atoms with Gasteiger partial charge in [0, 0.05) is 12.6 Å². The summed E-state index contributed by atoms with van der Waals surface area (Å²) in [6.07, 6.45) is 3.73. The fourth-order valence-electron chi connectivity index (χ4n) is 1.33. The number of hydrogen-bond acceptors (Lipinski definition) is 4. The molecule has 0 radical (unpaired) electrons. The van der Waals surface area contributed by atoms with Gasteiger partial charge in [-0.1, -0.05) is 0 Å². The Kier molecular flexibility index (Phi) is 2.29. The van der Waals surface area contributed by atoms with Crippen LogP contribution in [0.2, 0.25) is 0 Å². The van der Waals surface area contributed by atoms with E-state index in [2.05, 4.69) is 15.0 Å². The van der Waals surface area contributed by atoms with E-state index in [1.807, 2.05) is 6.92 Å². The summed E-state index contributed by atoms with van der Waals surface area (Å²) in [6, 6.07) is 1.44. The normalized spacial score (nSPS) is 14.7. The molecule has 1 aromatic rings. The summed E-state index contributed by atoms with van der Waals surface area (Å²) < 4.78 is 0. The van der Waals surface area contributed by atoms with Crippen LogP contribution in [0.15, 0.2) is 29.2 Å². The molecule has 76 valence electrons. The Bertz CT molecular complexity index is 477. The van der Waals surface area contributed by atoms with Crippen LogP contribution in [0.3, 0.4) is 0 Å². The van der Waals surface area contributed by atoms with Gasteiger partial charge in [-0.2, -0.15) is 0 Å². The van der Waals surface area contributed by atoms with Gasteiger partial charge in [-0.3, -0.25) is 4.99 Å². The number of carboxylic acid groups (broad SMARTS) is 1.